The van der Waals surface area contributed by atoms with Crippen LogP contribution in [0.2, 0.25) is 0 Å². The highest BCUT2D eigenvalue weighted by molar-refractivity contribution is 5.99. The quantitative estimate of drug-likeness (QED) is 0.401. The van der Waals surface area contributed by atoms with Gasteiger partial charge >= 0.3 is 6.18 Å². The molecule has 3 aromatic rings. The molecule has 164 valence electrons. The lowest BCUT2D eigenvalue weighted by molar-refractivity contribution is -0.147. The number of benzene rings is 1. The summed E-state index contributed by atoms with van der Waals surface area (Å²) in [6.45, 7) is 1.46. The number of carbonyl (C=O) groups excluding carboxylic acids is 1. The Morgan fingerprint density at radius 2 is 1.74 bits per heavy atom. The van der Waals surface area contributed by atoms with Gasteiger partial charge in [0.05, 0.1) is 11.3 Å². The number of phenolic OH excluding ortho intramolecular Hbond substituents is 1. The third kappa shape index (κ3) is 4.11. The van der Waals surface area contributed by atoms with Gasteiger partial charge in [-0.3, -0.25) is 14.4 Å². The Balaban J connectivity index is 1.96. The van der Waals surface area contributed by atoms with Crippen LogP contribution in [0.25, 0.3) is 0 Å². The summed E-state index contributed by atoms with van der Waals surface area (Å²) in [5, 5.41) is 14.8. The maximum absolute atomic E-state index is 13.6. The normalized spacial score (nSPS) is 12.6. The van der Waals surface area contributed by atoms with E-state index in [-0.39, 0.29) is 17.0 Å². The van der Waals surface area contributed by atoms with Crippen LogP contribution in [0.15, 0.2) is 44.3 Å². The first kappa shape index (κ1) is 21.9. The fourth-order valence-electron chi connectivity index (χ4n) is 2.91. The van der Waals surface area contributed by atoms with Crippen LogP contribution in [0.3, 0.4) is 0 Å². The van der Waals surface area contributed by atoms with Gasteiger partial charge in [-0.15, -0.1) is 0 Å². The lowest BCUT2D eigenvalue weighted by Crippen LogP contribution is -2.40. The van der Waals surface area contributed by atoms with Crippen molar-refractivity contribution < 1.29 is 27.5 Å². The minimum absolute atomic E-state index is 0.0950. The standard InChI is InChI=1S/C20H18F3N3O5/c1-9-7-8-12(31-9)18(20(21,22)23)25-14-13(16(28)17(14)29)24-11-6-4-5-10(15(11)27)19(30)26(2)3/h4-8,18,24-25,27H,1-3H3/t18-/m0/s1. The number of nitrogens with zero attached hydrogens (tertiary/aromatic N) is 1. The highest BCUT2D eigenvalue weighted by Crippen LogP contribution is 2.38. The molecule has 0 spiro atoms. The molecule has 0 aliphatic carbocycles. The second kappa shape index (κ2) is 7.82. The Bertz CT molecular complexity index is 1210. The molecule has 0 fully saturated rings. The number of hydrogen-bond donors (Lipinski definition) is 3. The molecule has 0 aliphatic rings. The van der Waals surface area contributed by atoms with Crippen molar-refractivity contribution in [1.29, 1.82) is 0 Å². The summed E-state index contributed by atoms with van der Waals surface area (Å²) >= 11 is 0. The molecule has 1 heterocycles. The van der Waals surface area contributed by atoms with Gasteiger partial charge in [0.25, 0.3) is 16.8 Å². The van der Waals surface area contributed by atoms with Crippen LogP contribution < -0.4 is 21.5 Å². The largest absolute Gasteiger partial charge is 0.505 e. The van der Waals surface area contributed by atoms with E-state index in [1.54, 1.807) is 0 Å². The number of alkyl halides is 3. The fraction of sp³-hybridized carbons (Fsp3) is 0.250. The summed E-state index contributed by atoms with van der Waals surface area (Å²) in [5.41, 5.74) is -3.51. The van der Waals surface area contributed by atoms with Crippen molar-refractivity contribution >= 4 is 23.0 Å². The van der Waals surface area contributed by atoms with Crippen LogP contribution in [0.4, 0.5) is 30.2 Å². The Morgan fingerprint density at radius 3 is 2.29 bits per heavy atom. The maximum Gasteiger partial charge on any atom is 0.415 e. The molecule has 0 unspecified atom stereocenters. The number of aromatic hydroxyl groups is 1. The highest BCUT2D eigenvalue weighted by Gasteiger charge is 2.44. The number of halogens is 3. The number of para-hydroxylation sites is 1. The van der Waals surface area contributed by atoms with Crippen molar-refractivity contribution in [1.82, 2.24) is 4.90 Å². The van der Waals surface area contributed by atoms with Crippen molar-refractivity contribution in [3.8, 4) is 5.75 Å². The molecule has 0 radical (unpaired) electrons. The topological polar surface area (TPSA) is 112 Å². The zero-order chi connectivity index (χ0) is 23.1. The Labute approximate surface area is 173 Å². The molecule has 0 saturated carbocycles. The van der Waals surface area contributed by atoms with Gasteiger partial charge in [-0.05, 0) is 31.2 Å². The molecule has 3 rings (SSSR count). The van der Waals surface area contributed by atoms with Crippen molar-refractivity contribution in [3.05, 3.63) is 67.9 Å². The highest BCUT2D eigenvalue weighted by atomic mass is 19.4. The smallest absolute Gasteiger partial charge is 0.415 e. The molecule has 31 heavy (non-hydrogen) atoms. The first-order valence-electron chi connectivity index (χ1n) is 8.95. The number of aryl methyl sites for hydroxylation is 1. The number of nitrogens with one attached hydrogen (secondary N) is 2. The molecule has 1 atom stereocenters. The molecule has 1 amide bonds. The van der Waals surface area contributed by atoms with Crippen LogP contribution in [0, 0.1) is 6.92 Å². The maximum atomic E-state index is 13.6. The van der Waals surface area contributed by atoms with Gasteiger partial charge < -0.3 is 25.1 Å². The Kier molecular flexibility index (Phi) is 5.53. The second-order valence-electron chi connectivity index (χ2n) is 7.00. The van der Waals surface area contributed by atoms with Gasteiger partial charge in [0.15, 0.2) is 11.8 Å². The van der Waals surface area contributed by atoms with E-state index >= 15 is 0 Å². The molecule has 3 N–H and O–H groups in total. The van der Waals surface area contributed by atoms with Gasteiger partial charge in [-0.2, -0.15) is 13.2 Å². The van der Waals surface area contributed by atoms with E-state index in [2.05, 4.69) is 5.32 Å². The van der Waals surface area contributed by atoms with Crippen LogP contribution in [-0.2, 0) is 0 Å². The van der Waals surface area contributed by atoms with Gasteiger partial charge in [0.1, 0.15) is 22.9 Å². The zero-order valence-electron chi connectivity index (χ0n) is 16.6. The minimum atomic E-state index is -4.83. The third-order valence-electron chi connectivity index (χ3n) is 4.50. The molecule has 2 aromatic carbocycles. The first-order valence-corrected chi connectivity index (χ1v) is 8.95. The van der Waals surface area contributed by atoms with Crippen LogP contribution in [0.5, 0.6) is 5.75 Å². The summed E-state index contributed by atoms with van der Waals surface area (Å²) in [6.07, 6.45) is -4.83. The summed E-state index contributed by atoms with van der Waals surface area (Å²) in [7, 11) is 2.93. The summed E-state index contributed by atoms with van der Waals surface area (Å²) in [5.74, 6) is -1.30. The van der Waals surface area contributed by atoms with E-state index < -0.39 is 51.9 Å². The van der Waals surface area contributed by atoms with E-state index in [0.29, 0.717) is 0 Å². The van der Waals surface area contributed by atoms with Crippen molar-refractivity contribution in [2.45, 2.75) is 19.1 Å². The molecular weight excluding hydrogens is 419 g/mol. The van der Waals surface area contributed by atoms with Crippen LogP contribution in [-0.4, -0.2) is 36.2 Å². The van der Waals surface area contributed by atoms with Gasteiger partial charge in [0.2, 0.25) is 0 Å². The molecule has 0 aliphatic heterocycles. The lowest BCUT2D eigenvalue weighted by atomic mass is 10.1. The predicted octanol–water partition coefficient (Wildman–Crippen LogP) is 3.05. The fourth-order valence-corrected chi connectivity index (χ4v) is 2.91. The van der Waals surface area contributed by atoms with E-state index in [0.717, 1.165) is 6.07 Å². The number of phenols is 1. The summed E-state index contributed by atoms with van der Waals surface area (Å²) < 4.78 is 45.7. The summed E-state index contributed by atoms with van der Waals surface area (Å²) in [6, 6.07) is 4.12. The average Bonchev–Trinajstić information content (AvgIpc) is 3.12. The third-order valence-corrected chi connectivity index (χ3v) is 4.50. The lowest BCUT2D eigenvalue weighted by Gasteiger charge is -2.23. The molecule has 1 aromatic heterocycles. The number of hydrogen-bond acceptors (Lipinski definition) is 7. The molecule has 11 heteroatoms. The van der Waals surface area contributed by atoms with Gasteiger partial charge in [-0.25, -0.2) is 0 Å². The summed E-state index contributed by atoms with van der Waals surface area (Å²) in [4.78, 5) is 37.3. The zero-order valence-corrected chi connectivity index (χ0v) is 16.6. The average molecular weight is 437 g/mol. The van der Waals surface area contributed by atoms with Crippen molar-refractivity contribution in [2.24, 2.45) is 0 Å². The van der Waals surface area contributed by atoms with Crippen LogP contribution in [0.1, 0.15) is 27.9 Å². The molecule has 0 bridgehead atoms. The second-order valence-corrected chi connectivity index (χ2v) is 7.00. The number of furan rings is 1. The van der Waals surface area contributed by atoms with Crippen molar-refractivity contribution in [2.75, 3.05) is 24.7 Å². The SMILES string of the molecule is Cc1ccc([C@H](Nc2c(Nc3cccc(C(=O)N(C)C)c3O)c(=O)c2=O)C(F)(F)F)o1. The number of rotatable bonds is 6. The van der Waals surface area contributed by atoms with Crippen LogP contribution >= 0.6 is 0 Å². The Hall–Kier alpha value is -3.76. The van der Waals surface area contributed by atoms with E-state index in [1.807, 2.05) is 5.32 Å². The molecule has 8 nitrogen and oxygen atoms in total. The van der Waals surface area contributed by atoms with E-state index in [4.69, 9.17) is 4.42 Å². The minimum Gasteiger partial charge on any atom is -0.505 e. The monoisotopic (exact) mass is 437 g/mol. The Morgan fingerprint density at radius 1 is 1.10 bits per heavy atom. The predicted molar refractivity (Wildman–Crippen MR) is 107 cm³/mol. The first-order chi connectivity index (χ1) is 14.4. The van der Waals surface area contributed by atoms with E-state index in [1.165, 1.54) is 50.2 Å². The van der Waals surface area contributed by atoms with Crippen molar-refractivity contribution in [3.63, 3.8) is 0 Å². The number of carbonyl (C=O) groups is 1. The molecular formula is C20H18F3N3O5. The van der Waals surface area contributed by atoms with Gasteiger partial charge in [-0.1, -0.05) is 6.07 Å². The molecule has 0 saturated heterocycles. The number of amides is 1. The number of anilines is 3. The van der Waals surface area contributed by atoms with E-state index in [9.17, 15) is 32.7 Å². The van der Waals surface area contributed by atoms with Gasteiger partial charge in [0, 0.05) is 14.1 Å².